The van der Waals surface area contributed by atoms with Crippen molar-refractivity contribution in [2.45, 2.75) is 37.6 Å². The zero-order chi connectivity index (χ0) is 13.9. The van der Waals surface area contributed by atoms with Crippen LogP contribution in [0.3, 0.4) is 0 Å². The van der Waals surface area contributed by atoms with Gasteiger partial charge in [-0.3, -0.25) is 4.79 Å². The number of benzene rings is 1. The van der Waals surface area contributed by atoms with Crippen LogP contribution in [0.1, 0.15) is 31.2 Å². The highest BCUT2D eigenvalue weighted by atomic mass is 79.9. The molecule has 0 unspecified atom stereocenters. The van der Waals surface area contributed by atoms with E-state index in [9.17, 15) is 14.7 Å². The lowest BCUT2D eigenvalue weighted by Crippen LogP contribution is -2.52. The molecule has 2 rings (SSSR count). The first-order valence-electron chi connectivity index (χ1n) is 6.31. The van der Waals surface area contributed by atoms with Crippen LogP contribution in [0.5, 0.6) is 0 Å². The molecule has 0 aromatic heterocycles. The van der Waals surface area contributed by atoms with Gasteiger partial charge in [0.15, 0.2) is 0 Å². The average Bonchev–Trinajstić information content (AvgIpc) is 2.82. The van der Waals surface area contributed by atoms with Crippen LogP contribution in [-0.4, -0.2) is 22.5 Å². The van der Waals surface area contributed by atoms with E-state index in [1.165, 1.54) is 0 Å². The largest absolute Gasteiger partial charge is 0.480 e. The normalized spacial score (nSPS) is 17.1. The van der Waals surface area contributed by atoms with Gasteiger partial charge in [0, 0.05) is 4.47 Å². The van der Waals surface area contributed by atoms with E-state index in [0.29, 0.717) is 12.8 Å². The predicted octanol–water partition coefficient (Wildman–Crippen LogP) is 2.51. The average molecular weight is 326 g/mol. The van der Waals surface area contributed by atoms with Gasteiger partial charge in [0.2, 0.25) is 5.91 Å². The molecule has 0 spiro atoms. The summed E-state index contributed by atoms with van der Waals surface area (Å²) in [5.74, 6) is -1.15. The van der Waals surface area contributed by atoms with Crippen molar-refractivity contribution >= 4 is 27.8 Å². The van der Waals surface area contributed by atoms with Crippen molar-refractivity contribution < 1.29 is 14.7 Å². The first-order valence-corrected chi connectivity index (χ1v) is 7.10. The summed E-state index contributed by atoms with van der Waals surface area (Å²) < 4.78 is 0.953. The number of amides is 1. The molecule has 0 saturated heterocycles. The number of nitrogens with one attached hydrogen (secondary N) is 1. The van der Waals surface area contributed by atoms with E-state index in [4.69, 9.17) is 0 Å². The van der Waals surface area contributed by atoms with Crippen LogP contribution in [0.25, 0.3) is 0 Å². The Morgan fingerprint density at radius 1 is 1.21 bits per heavy atom. The molecule has 102 valence electrons. The quantitative estimate of drug-likeness (QED) is 0.893. The molecule has 0 atom stereocenters. The maximum Gasteiger partial charge on any atom is 0.329 e. The van der Waals surface area contributed by atoms with Gasteiger partial charge in [-0.15, -0.1) is 0 Å². The standard InChI is InChI=1S/C14H16BrNO3/c15-11-5-3-10(4-6-11)9-12(17)16-14(13(18)19)7-1-2-8-14/h3-6H,1-2,7-9H2,(H,16,17)(H,18,19). The second-order valence-corrected chi connectivity index (χ2v) is 5.86. The molecule has 5 heteroatoms. The van der Waals surface area contributed by atoms with Gasteiger partial charge in [0.25, 0.3) is 0 Å². The lowest BCUT2D eigenvalue weighted by molar-refractivity contribution is -0.147. The van der Waals surface area contributed by atoms with Crippen LogP contribution < -0.4 is 5.32 Å². The number of carbonyl (C=O) groups excluding carboxylic acids is 1. The van der Waals surface area contributed by atoms with Crippen molar-refractivity contribution in [1.29, 1.82) is 0 Å². The molecule has 1 saturated carbocycles. The predicted molar refractivity (Wildman–Crippen MR) is 74.8 cm³/mol. The minimum atomic E-state index is -1.05. The molecule has 19 heavy (non-hydrogen) atoms. The van der Waals surface area contributed by atoms with Crippen molar-refractivity contribution in [1.82, 2.24) is 5.32 Å². The summed E-state index contributed by atoms with van der Waals surface area (Å²) in [6, 6.07) is 7.44. The number of halogens is 1. The molecular weight excluding hydrogens is 310 g/mol. The maximum absolute atomic E-state index is 12.0. The van der Waals surface area contributed by atoms with Crippen LogP contribution in [0.2, 0.25) is 0 Å². The Kier molecular flexibility index (Phi) is 4.24. The highest BCUT2D eigenvalue weighted by Gasteiger charge is 2.42. The molecule has 1 aromatic carbocycles. The Labute approximate surface area is 120 Å². The molecule has 1 amide bonds. The maximum atomic E-state index is 12.0. The fourth-order valence-electron chi connectivity index (χ4n) is 2.47. The SMILES string of the molecule is O=C(Cc1ccc(Br)cc1)NC1(C(=O)O)CCCC1. The molecule has 0 heterocycles. The van der Waals surface area contributed by atoms with Crippen LogP contribution in [0.4, 0.5) is 0 Å². The van der Waals surface area contributed by atoms with E-state index in [-0.39, 0.29) is 12.3 Å². The van der Waals surface area contributed by atoms with E-state index in [1.807, 2.05) is 24.3 Å². The van der Waals surface area contributed by atoms with Gasteiger partial charge in [0.05, 0.1) is 6.42 Å². The Bertz CT molecular complexity index is 478. The molecule has 4 nitrogen and oxygen atoms in total. The van der Waals surface area contributed by atoms with Crippen molar-refractivity contribution in [3.63, 3.8) is 0 Å². The van der Waals surface area contributed by atoms with Gasteiger partial charge < -0.3 is 10.4 Å². The summed E-state index contributed by atoms with van der Waals surface area (Å²) in [5, 5.41) is 12.0. The molecule has 2 N–H and O–H groups in total. The monoisotopic (exact) mass is 325 g/mol. The smallest absolute Gasteiger partial charge is 0.329 e. The highest BCUT2D eigenvalue weighted by Crippen LogP contribution is 2.30. The summed E-state index contributed by atoms with van der Waals surface area (Å²) >= 11 is 3.33. The first-order chi connectivity index (χ1) is 9.02. The minimum Gasteiger partial charge on any atom is -0.480 e. The topological polar surface area (TPSA) is 66.4 Å². The zero-order valence-electron chi connectivity index (χ0n) is 10.5. The number of hydrogen-bond acceptors (Lipinski definition) is 2. The summed E-state index contributed by atoms with van der Waals surface area (Å²) in [4.78, 5) is 23.3. The fourth-order valence-corrected chi connectivity index (χ4v) is 2.73. The summed E-state index contributed by atoms with van der Waals surface area (Å²) in [5.41, 5.74) is -0.175. The third kappa shape index (κ3) is 3.35. The molecule has 1 aromatic rings. The van der Waals surface area contributed by atoms with Gasteiger partial charge in [-0.1, -0.05) is 40.9 Å². The third-order valence-corrected chi connectivity index (χ3v) is 4.05. The van der Waals surface area contributed by atoms with E-state index >= 15 is 0 Å². The van der Waals surface area contributed by atoms with E-state index in [2.05, 4.69) is 21.2 Å². The number of hydrogen-bond donors (Lipinski definition) is 2. The molecule has 0 bridgehead atoms. The van der Waals surface area contributed by atoms with Crippen molar-refractivity contribution in [3.05, 3.63) is 34.3 Å². The van der Waals surface area contributed by atoms with Gasteiger partial charge >= 0.3 is 5.97 Å². The van der Waals surface area contributed by atoms with Crippen molar-refractivity contribution in [2.75, 3.05) is 0 Å². The van der Waals surface area contributed by atoms with E-state index < -0.39 is 11.5 Å². The molecule has 0 aliphatic heterocycles. The number of rotatable bonds is 4. The zero-order valence-corrected chi connectivity index (χ0v) is 12.1. The number of carboxylic acids is 1. The minimum absolute atomic E-state index is 0.211. The molecular formula is C14H16BrNO3. The van der Waals surface area contributed by atoms with E-state index in [0.717, 1.165) is 22.9 Å². The van der Waals surface area contributed by atoms with Gasteiger partial charge in [-0.25, -0.2) is 4.79 Å². The van der Waals surface area contributed by atoms with Crippen molar-refractivity contribution in [3.8, 4) is 0 Å². The fraction of sp³-hybridized carbons (Fsp3) is 0.429. The summed E-state index contributed by atoms with van der Waals surface area (Å²) in [6.07, 6.45) is 2.96. The molecule has 1 aliphatic rings. The van der Waals surface area contributed by atoms with Gasteiger partial charge in [0.1, 0.15) is 5.54 Å². The second kappa shape index (κ2) is 5.74. The van der Waals surface area contributed by atoms with Crippen LogP contribution in [-0.2, 0) is 16.0 Å². The Morgan fingerprint density at radius 2 is 1.79 bits per heavy atom. The van der Waals surface area contributed by atoms with Gasteiger partial charge in [-0.05, 0) is 30.5 Å². The van der Waals surface area contributed by atoms with Crippen LogP contribution >= 0.6 is 15.9 Å². The first kappa shape index (κ1) is 14.1. The summed E-state index contributed by atoms with van der Waals surface area (Å²) in [7, 11) is 0. The number of carboxylic acid groups (broad SMARTS) is 1. The Morgan fingerprint density at radius 3 is 2.32 bits per heavy atom. The lowest BCUT2D eigenvalue weighted by atomic mass is 9.97. The van der Waals surface area contributed by atoms with E-state index in [1.54, 1.807) is 0 Å². The molecule has 1 aliphatic carbocycles. The van der Waals surface area contributed by atoms with Gasteiger partial charge in [-0.2, -0.15) is 0 Å². The highest BCUT2D eigenvalue weighted by molar-refractivity contribution is 9.10. The number of aliphatic carboxylic acids is 1. The van der Waals surface area contributed by atoms with Crippen LogP contribution in [0.15, 0.2) is 28.7 Å². The second-order valence-electron chi connectivity index (χ2n) is 4.95. The number of carbonyl (C=O) groups is 2. The third-order valence-electron chi connectivity index (χ3n) is 3.52. The van der Waals surface area contributed by atoms with Crippen molar-refractivity contribution in [2.24, 2.45) is 0 Å². The van der Waals surface area contributed by atoms with Crippen LogP contribution in [0, 0.1) is 0 Å². The molecule has 1 fully saturated rings. The Hall–Kier alpha value is -1.36. The Balaban J connectivity index is 2.00. The lowest BCUT2D eigenvalue weighted by Gasteiger charge is -2.25. The summed E-state index contributed by atoms with van der Waals surface area (Å²) in [6.45, 7) is 0. The molecule has 0 radical (unpaired) electrons.